The Hall–Kier alpha value is -3.15. The Kier molecular flexibility index (Phi) is 7.93. The predicted octanol–water partition coefficient (Wildman–Crippen LogP) is 5.73. The van der Waals surface area contributed by atoms with Gasteiger partial charge in [0.15, 0.2) is 11.5 Å². The summed E-state index contributed by atoms with van der Waals surface area (Å²) in [5.74, 6) is 1.23. The largest absolute Gasteiger partial charge is 0.486 e. The number of hydrogen-bond acceptors (Lipinski definition) is 10. The number of pyridine rings is 1. The topological polar surface area (TPSA) is 101 Å². The first-order valence-corrected chi connectivity index (χ1v) is 15.8. The highest BCUT2D eigenvalue weighted by Crippen LogP contribution is 2.50. The number of fused-ring (bicyclic) bond motifs is 1. The van der Waals surface area contributed by atoms with Gasteiger partial charge in [-0.05, 0) is 45.0 Å². The number of benzene rings is 1. The minimum atomic E-state index is -0.766. The quantitative estimate of drug-likeness (QED) is 0.327. The second-order valence-corrected chi connectivity index (χ2v) is 13.4. The van der Waals surface area contributed by atoms with Crippen molar-refractivity contribution in [1.82, 2.24) is 15.0 Å². The molecule has 1 atom stereocenters. The lowest BCUT2D eigenvalue weighted by Crippen LogP contribution is -2.56. The third-order valence-electron chi connectivity index (χ3n) is 8.88. The van der Waals surface area contributed by atoms with Gasteiger partial charge in [-0.1, -0.05) is 30.3 Å². The van der Waals surface area contributed by atoms with E-state index >= 15 is 0 Å². The Labute approximate surface area is 259 Å². The van der Waals surface area contributed by atoms with Crippen LogP contribution in [0.15, 0.2) is 46.6 Å². The van der Waals surface area contributed by atoms with Crippen molar-refractivity contribution in [3.8, 4) is 5.75 Å². The van der Waals surface area contributed by atoms with E-state index in [0.717, 1.165) is 16.2 Å². The van der Waals surface area contributed by atoms with Gasteiger partial charge in [0.25, 0.3) is 0 Å². The normalized spacial score (nSPS) is 19.7. The molecular formula is C31H35ClFN5O4S. The first-order valence-electron chi connectivity index (χ1n) is 14.6. The maximum atomic E-state index is 13.9. The summed E-state index contributed by atoms with van der Waals surface area (Å²) in [6.07, 6.45) is 4.71. The molecule has 9 nitrogen and oxygen atoms in total. The van der Waals surface area contributed by atoms with Crippen molar-refractivity contribution in [3.05, 3.63) is 58.8 Å². The van der Waals surface area contributed by atoms with Crippen LogP contribution in [0.1, 0.15) is 62.5 Å². The molecule has 0 aliphatic carbocycles. The van der Waals surface area contributed by atoms with E-state index in [4.69, 9.17) is 26.1 Å². The van der Waals surface area contributed by atoms with Gasteiger partial charge in [-0.2, -0.15) is 0 Å². The number of esters is 1. The standard InChI is InChI=1S/C31H35ClFN5O4S/c1-5-41-29(39)26-28(37-12-9-31(10-13-37)18(2)21-14-20(33)6-7-22(21)42-31)35-15-24(36-26)43-23-8-11-34-27(25(23)32)38-16-19(17-38)30(3,4)40/h6-8,11,14-15,18-19,40H,5,9-10,12-13,16-17H2,1-4H3/t18-/m1/s1. The fraction of sp³-hybridized carbons (Fsp3) is 0.484. The molecule has 0 amide bonds. The van der Waals surface area contributed by atoms with E-state index in [1.54, 1.807) is 37.5 Å². The zero-order valence-corrected chi connectivity index (χ0v) is 26.2. The van der Waals surface area contributed by atoms with Crippen molar-refractivity contribution in [3.63, 3.8) is 0 Å². The van der Waals surface area contributed by atoms with E-state index in [9.17, 15) is 14.3 Å². The van der Waals surface area contributed by atoms with Crippen LogP contribution >= 0.6 is 23.4 Å². The molecule has 1 aromatic carbocycles. The van der Waals surface area contributed by atoms with Gasteiger partial charge in [-0.15, -0.1) is 0 Å². The summed E-state index contributed by atoms with van der Waals surface area (Å²) in [6, 6.07) is 6.51. The minimum absolute atomic E-state index is 0.0435. The van der Waals surface area contributed by atoms with Gasteiger partial charge in [-0.25, -0.2) is 24.1 Å². The lowest BCUT2D eigenvalue weighted by Gasteiger charge is -2.46. The number of ether oxygens (including phenoxy) is 2. The van der Waals surface area contributed by atoms with E-state index < -0.39 is 17.2 Å². The number of halogens is 2. The molecule has 0 saturated carbocycles. The summed E-state index contributed by atoms with van der Waals surface area (Å²) in [4.78, 5) is 31.7. The Morgan fingerprint density at radius 3 is 2.65 bits per heavy atom. The maximum absolute atomic E-state index is 13.9. The summed E-state index contributed by atoms with van der Waals surface area (Å²) in [6.45, 7) is 10.2. The fourth-order valence-corrected chi connectivity index (χ4v) is 7.21. The summed E-state index contributed by atoms with van der Waals surface area (Å²) in [5.41, 5.74) is -0.155. The molecule has 0 radical (unpaired) electrons. The number of piperidine rings is 1. The zero-order valence-electron chi connectivity index (χ0n) is 24.6. The molecule has 228 valence electrons. The Morgan fingerprint density at radius 1 is 1.21 bits per heavy atom. The maximum Gasteiger partial charge on any atom is 0.360 e. The van der Waals surface area contributed by atoms with Crippen molar-refractivity contribution in [1.29, 1.82) is 0 Å². The third-order valence-corrected chi connectivity index (χ3v) is 10.3. The predicted molar refractivity (Wildman–Crippen MR) is 163 cm³/mol. The molecule has 1 N–H and O–H groups in total. The Morgan fingerprint density at radius 2 is 1.95 bits per heavy atom. The summed E-state index contributed by atoms with van der Waals surface area (Å²) in [5, 5.41) is 11.3. The van der Waals surface area contributed by atoms with Crippen LogP contribution in [0, 0.1) is 11.7 Å². The van der Waals surface area contributed by atoms with E-state index in [0.29, 0.717) is 60.7 Å². The van der Waals surface area contributed by atoms with Crippen LogP contribution in [0.4, 0.5) is 16.0 Å². The fourth-order valence-electron chi connectivity index (χ4n) is 6.08. The third kappa shape index (κ3) is 5.62. The van der Waals surface area contributed by atoms with E-state index in [2.05, 4.69) is 16.9 Å². The average molecular weight is 628 g/mol. The van der Waals surface area contributed by atoms with Gasteiger partial charge < -0.3 is 24.4 Å². The molecule has 12 heteroatoms. The van der Waals surface area contributed by atoms with Crippen LogP contribution in [0.25, 0.3) is 0 Å². The van der Waals surface area contributed by atoms with Crippen LogP contribution in [-0.4, -0.2) is 70.0 Å². The molecule has 6 rings (SSSR count). The SMILES string of the molecule is CCOC(=O)c1nc(Sc2ccnc(N3CC(C(C)(C)O)C3)c2Cl)cnc1N1CCC2(CC1)Oc1ccc(F)cc1[C@H]2C. The Bertz CT molecular complexity index is 1540. The highest BCUT2D eigenvalue weighted by atomic mass is 35.5. The second-order valence-electron chi connectivity index (χ2n) is 12.0. The van der Waals surface area contributed by atoms with Crippen LogP contribution in [-0.2, 0) is 4.74 Å². The first kappa shape index (κ1) is 29.9. The van der Waals surface area contributed by atoms with Gasteiger partial charge in [-0.3, -0.25) is 0 Å². The number of hydrogen-bond donors (Lipinski definition) is 1. The van der Waals surface area contributed by atoms with Crippen LogP contribution in [0.5, 0.6) is 5.75 Å². The van der Waals surface area contributed by atoms with Gasteiger partial charge in [0.1, 0.15) is 28.0 Å². The summed E-state index contributed by atoms with van der Waals surface area (Å²) in [7, 11) is 0. The smallest absolute Gasteiger partial charge is 0.360 e. The van der Waals surface area contributed by atoms with E-state index in [-0.39, 0.29) is 30.0 Å². The second kappa shape index (κ2) is 11.4. The molecule has 3 aliphatic rings. The number of carbonyl (C=O) groups excluding carboxylic acids is 1. The molecule has 2 fully saturated rings. The molecule has 5 heterocycles. The van der Waals surface area contributed by atoms with Gasteiger partial charge in [0.2, 0.25) is 0 Å². The number of aromatic nitrogens is 3. The van der Waals surface area contributed by atoms with Crippen molar-refractivity contribution in [2.24, 2.45) is 5.92 Å². The number of carbonyl (C=O) groups is 1. The monoisotopic (exact) mass is 627 g/mol. The summed E-state index contributed by atoms with van der Waals surface area (Å²) >= 11 is 8.08. The lowest BCUT2D eigenvalue weighted by atomic mass is 9.78. The van der Waals surface area contributed by atoms with Gasteiger partial charge >= 0.3 is 5.97 Å². The molecule has 43 heavy (non-hydrogen) atoms. The minimum Gasteiger partial charge on any atom is -0.486 e. The lowest BCUT2D eigenvalue weighted by molar-refractivity contribution is 0.00437. The highest BCUT2D eigenvalue weighted by molar-refractivity contribution is 7.99. The zero-order chi connectivity index (χ0) is 30.5. The van der Waals surface area contributed by atoms with Crippen LogP contribution in [0.2, 0.25) is 5.02 Å². The number of nitrogens with zero attached hydrogens (tertiary/aromatic N) is 5. The molecule has 0 bridgehead atoms. The van der Waals surface area contributed by atoms with Crippen LogP contribution in [0.3, 0.4) is 0 Å². The van der Waals surface area contributed by atoms with Crippen LogP contribution < -0.4 is 14.5 Å². The number of aliphatic hydroxyl groups is 1. The van der Waals surface area contributed by atoms with E-state index in [1.807, 2.05) is 23.6 Å². The molecule has 0 unspecified atom stereocenters. The molecule has 3 aromatic rings. The summed E-state index contributed by atoms with van der Waals surface area (Å²) < 4.78 is 25.7. The highest BCUT2D eigenvalue weighted by Gasteiger charge is 2.48. The molecule has 3 aliphatic heterocycles. The molecule has 2 saturated heterocycles. The van der Waals surface area contributed by atoms with Crippen molar-refractivity contribution >= 4 is 41.0 Å². The first-order chi connectivity index (χ1) is 20.5. The molecular weight excluding hydrogens is 593 g/mol. The number of rotatable bonds is 7. The molecule has 1 spiro atoms. The van der Waals surface area contributed by atoms with Crippen molar-refractivity contribution < 1.29 is 23.8 Å². The molecule has 2 aromatic heterocycles. The van der Waals surface area contributed by atoms with Gasteiger partial charge in [0.05, 0.1) is 23.4 Å². The average Bonchev–Trinajstić information content (AvgIpc) is 3.20. The van der Waals surface area contributed by atoms with Gasteiger partial charge in [0, 0.05) is 67.5 Å². The van der Waals surface area contributed by atoms with Crippen molar-refractivity contribution in [2.75, 3.05) is 42.6 Å². The van der Waals surface area contributed by atoms with Crippen molar-refractivity contribution in [2.45, 2.75) is 67.6 Å². The Balaban J connectivity index is 1.20. The van der Waals surface area contributed by atoms with E-state index in [1.165, 1.54) is 17.8 Å². The number of anilines is 2.